The summed E-state index contributed by atoms with van der Waals surface area (Å²) in [6, 6.07) is 8.16. The molecule has 0 aliphatic carbocycles. The highest BCUT2D eigenvalue weighted by Crippen LogP contribution is 2.22. The molecular formula is C17H22O. The average molecular weight is 242 g/mol. The molecule has 0 radical (unpaired) electrons. The molecule has 1 rings (SSSR count). The van der Waals surface area contributed by atoms with E-state index in [1.165, 1.54) is 5.56 Å². The van der Waals surface area contributed by atoms with E-state index >= 15 is 0 Å². The molecule has 1 aromatic carbocycles. The van der Waals surface area contributed by atoms with Crippen molar-refractivity contribution < 1.29 is 4.74 Å². The van der Waals surface area contributed by atoms with Crippen LogP contribution in [0.15, 0.2) is 60.4 Å². The SMILES string of the molecule is C=C(Oc1cccc(C(C)C)c1)/C(C)=C\C=C/C. The molecule has 96 valence electrons. The molecule has 1 heteroatoms. The second-order valence-corrected chi connectivity index (χ2v) is 4.63. The third-order valence-electron chi connectivity index (χ3n) is 2.74. The predicted octanol–water partition coefficient (Wildman–Crippen LogP) is 5.22. The van der Waals surface area contributed by atoms with Crippen molar-refractivity contribution in [3.63, 3.8) is 0 Å². The zero-order valence-corrected chi connectivity index (χ0v) is 11.7. The molecule has 0 N–H and O–H groups in total. The lowest BCUT2D eigenvalue weighted by molar-refractivity contribution is 0.438. The third kappa shape index (κ3) is 4.25. The summed E-state index contributed by atoms with van der Waals surface area (Å²) in [6.45, 7) is 12.3. The Morgan fingerprint density at radius 1 is 1.33 bits per heavy atom. The first kappa shape index (κ1) is 14.3. The Bertz CT molecular complexity index is 464. The summed E-state index contributed by atoms with van der Waals surface area (Å²) in [5.74, 6) is 2.04. The van der Waals surface area contributed by atoms with E-state index in [9.17, 15) is 0 Å². The lowest BCUT2D eigenvalue weighted by atomic mass is 10.0. The fraction of sp³-hybridized carbons (Fsp3) is 0.294. The third-order valence-corrected chi connectivity index (χ3v) is 2.74. The van der Waals surface area contributed by atoms with Gasteiger partial charge in [-0.3, -0.25) is 0 Å². The highest BCUT2D eigenvalue weighted by Gasteiger charge is 2.03. The van der Waals surface area contributed by atoms with Crippen LogP contribution in [-0.4, -0.2) is 0 Å². The van der Waals surface area contributed by atoms with Crippen LogP contribution in [0.2, 0.25) is 0 Å². The smallest absolute Gasteiger partial charge is 0.127 e. The molecule has 0 unspecified atom stereocenters. The Hall–Kier alpha value is -1.76. The van der Waals surface area contributed by atoms with E-state index in [4.69, 9.17) is 4.74 Å². The fourth-order valence-corrected chi connectivity index (χ4v) is 1.49. The van der Waals surface area contributed by atoms with Crippen molar-refractivity contribution >= 4 is 0 Å². The minimum absolute atomic E-state index is 0.501. The fourth-order valence-electron chi connectivity index (χ4n) is 1.49. The van der Waals surface area contributed by atoms with Crippen molar-refractivity contribution in [2.45, 2.75) is 33.6 Å². The molecule has 1 aromatic rings. The van der Waals surface area contributed by atoms with Gasteiger partial charge in [0.15, 0.2) is 0 Å². The van der Waals surface area contributed by atoms with Crippen molar-refractivity contribution in [2.75, 3.05) is 0 Å². The molecule has 0 spiro atoms. The van der Waals surface area contributed by atoms with Crippen molar-refractivity contribution in [3.05, 3.63) is 66.0 Å². The summed E-state index contributed by atoms with van der Waals surface area (Å²) in [5.41, 5.74) is 2.30. The van der Waals surface area contributed by atoms with Gasteiger partial charge in [0.05, 0.1) is 0 Å². The molecule has 18 heavy (non-hydrogen) atoms. The average Bonchev–Trinajstić information content (AvgIpc) is 2.36. The maximum absolute atomic E-state index is 5.77. The van der Waals surface area contributed by atoms with Gasteiger partial charge in [0.1, 0.15) is 11.5 Å². The maximum atomic E-state index is 5.77. The van der Waals surface area contributed by atoms with E-state index in [0.717, 1.165) is 11.3 Å². The van der Waals surface area contributed by atoms with Crippen molar-refractivity contribution in [2.24, 2.45) is 0 Å². The number of allylic oxidation sites excluding steroid dienone is 4. The van der Waals surface area contributed by atoms with E-state index in [0.29, 0.717) is 11.7 Å². The number of ether oxygens (including phenoxy) is 1. The van der Waals surface area contributed by atoms with Gasteiger partial charge in [0.2, 0.25) is 0 Å². The number of rotatable bonds is 5. The molecule has 0 saturated heterocycles. The molecule has 0 atom stereocenters. The normalized spacial score (nSPS) is 12.2. The standard InChI is InChI=1S/C17H22O/c1-6-7-9-14(4)15(5)18-17-11-8-10-16(12-17)13(2)3/h6-13H,5H2,1-4H3/b7-6-,14-9-. The molecule has 0 aromatic heterocycles. The largest absolute Gasteiger partial charge is 0.458 e. The van der Waals surface area contributed by atoms with E-state index in [2.05, 4.69) is 32.6 Å². The molecule has 0 fully saturated rings. The molecule has 0 heterocycles. The molecular weight excluding hydrogens is 220 g/mol. The summed E-state index contributed by atoms with van der Waals surface area (Å²) in [4.78, 5) is 0. The quantitative estimate of drug-likeness (QED) is 0.507. The molecule has 1 nitrogen and oxygen atoms in total. The highest BCUT2D eigenvalue weighted by molar-refractivity contribution is 5.34. The van der Waals surface area contributed by atoms with E-state index < -0.39 is 0 Å². The van der Waals surface area contributed by atoms with Crippen LogP contribution < -0.4 is 4.74 Å². The van der Waals surface area contributed by atoms with Crippen LogP contribution in [-0.2, 0) is 0 Å². The Morgan fingerprint density at radius 3 is 2.67 bits per heavy atom. The number of hydrogen-bond acceptors (Lipinski definition) is 1. The Balaban J connectivity index is 2.79. The van der Waals surface area contributed by atoms with E-state index in [-0.39, 0.29) is 0 Å². The molecule has 0 bridgehead atoms. The van der Waals surface area contributed by atoms with Crippen molar-refractivity contribution in [3.8, 4) is 5.75 Å². The van der Waals surface area contributed by atoms with Gasteiger partial charge in [-0.15, -0.1) is 0 Å². The molecule has 0 aliphatic heterocycles. The van der Waals surface area contributed by atoms with Crippen LogP contribution >= 0.6 is 0 Å². The van der Waals surface area contributed by atoms with Crippen LogP contribution in [0.4, 0.5) is 0 Å². The van der Waals surface area contributed by atoms with Gasteiger partial charge < -0.3 is 4.74 Å². The maximum Gasteiger partial charge on any atom is 0.127 e. The summed E-state index contributed by atoms with van der Waals surface area (Å²) in [7, 11) is 0. The Kier molecular flexibility index (Phi) is 5.44. The van der Waals surface area contributed by atoms with E-state index in [1.54, 1.807) is 0 Å². The molecule has 0 aliphatic rings. The number of hydrogen-bond donors (Lipinski definition) is 0. The van der Waals surface area contributed by atoms with Gasteiger partial charge in [-0.25, -0.2) is 0 Å². The Morgan fingerprint density at radius 2 is 2.06 bits per heavy atom. The summed E-state index contributed by atoms with van der Waals surface area (Å²) in [6.07, 6.45) is 5.96. The van der Waals surface area contributed by atoms with Crippen LogP contribution in [0.1, 0.15) is 39.2 Å². The van der Waals surface area contributed by atoms with Gasteiger partial charge in [-0.05, 0) is 43.0 Å². The second-order valence-electron chi connectivity index (χ2n) is 4.63. The zero-order chi connectivity index (χ0) is 13.5. The van der Waals surface area contributed by atoms with Gasteiger partial charge >= 0.3 is 0 Å². The monoisotopic (exact) mass is 242 g/mol. The minimum atomic E-state index is 0.501. The topological polar surface area (TPSA) is 9.23 Å². The second kappa shape index (κ2) is 6.85. The first-order chi connectivity index (χ1) is 8.54. The zero-order valence-electron chi connectivity index (χ0n) is 11.7. The lowest BCUT2D eigenvalue weighted by Crippen LogP contribution is -1.96. The van der Waals surface area contributed by atoms with Crippen molar-refractivity contribution in [1.29, 1.82) is 0 Å². The molecule has 0 saturated carbocycles. The van der Waals surface area contributed by atoms with Crippen LogP contribution in [0.3, 0.4) is 0 Å². The van der Waals surface area contributed by atoms with Crippen LogP contribution in [0, 0.1) is 0 Å². The highest BCUT2D eigenvalue weighted by atomic mass is 16.5. The predicted molar refractivity (Wildman–Crippen MR) is 78.9 cm³/mol. The van der Waals surface area contributed by atoms with Crippen LogP contribution in [0.25, 0.3) is 0 Å². The first-order valence-corrected chi connectivity index (χ1v) is 6.31. The summed E-state index contributed by atoms with van der Waals surface area (Å²) >= 11 is 0. The Labute approximate surface area is 110 Å². The summed E-state index contributed by atoms with van der Waals surface area (Å²) in [5, 5.41) is 0. The molecule has 0 amide bonds. The lowest BCUT2D eigenvalue weighted by Gasteiger charge is -2.11. The van der Waals surface area contributed by atoms with Gasteiger partial charge in [-0.2, -0.15) is 0 Å². The van der Waals surface area contributed by atoms with Gasteiger partial charge in [0.25, 0.3) is 0 Å². The first-order valence-electron chi connectivity index (χ1n) is 6.31. The van der Waals surface area contributed by atoms with Crippen LogP contribution in [0.5, 0.6) is 5.75 Å². The minimum Gasteiger partial charge on any atom is -0.458 e. The van der Waals surface area contributed by atoms with Crippen molar-refractivity contribution in [1.82, 2.24) is 0 Å². The van der Waals surface area contributed by atoms with Gasteiger partial charge in [-0.1, -0.05) is 50.8 Å². The van der Waals surface area contributed by atoms with E-state index in [1.807, 2.05) is 44.2 Å². The summed E-state index contributed by atoms with van der Waals surface area (Å²) < 4.78 is 5.77. The van der Waals surface area contributed by atoms with Gasteiger partial charge in [0, 0.05) is 0 Å². The number of benzene rings is 1.